The molecule has 1 aromatic carbocycles. The molecule has 0 saturated carbocycles. The van der Waals surface area contributed by atoms with Crippen LogP contribution in [0.2, 0.25) is 0 Å². The van der Waals surface area contributed by atoms with Crippen LogP contribution in [0.5, 0.6) is 11.5 Å². The fourth-order valence-corrected chi connectivity index (χ4v) is 2.00. The van der Waals surface area contributed by atoms with E-state index in [2.05, 4.69) is 5.32 Å². The van der Waals surface area contributed by atoms with Gasteiger partial charge < -0.3 is 15.2 Å². The lowest BCUT2D eigenvalue weighted by molar-refractivity contribution is 0.397. The summed E-state index contributed by atoms with van der Waals surface area (Å²) in [4.78, 5) is 0. The Kier molecular flexibility index (Phi) is 2.77. The van der Waals surface area contributed by atoms with Gasteiger partial charge in [-0.05, 0) is 13.0 Å². The number of methoxy groups -OCH3 is 1. The number of hydrogen-bond donors (Lipinski definition) is 2. The average molecular weight is 211 g/mol. The Morgan fingerprint density at radius 2 is 2.33 bits per heavy atom. The first-order chi connectivity index (χ1) is 7.22. The molecule has 82 valence electrons. The maximum absolute atomic E-state index is 13.7. The molecular weight excluding hydrogens is 197 g/mol. The summed E-state index contributed by atoms with van der Waals surface area (Å²) in [6, 6.07) is 2.77. The van der Waals surface area contributed by atoms with Crippen molar-refractivity contribution in [3.63, 3.8) is 0 Å². The highest BCUT2D eigenvalue weighted by Gasteiger charge is 2.23. The van der Waals surface area contributed by atoms with Gasteiger partial charge in [-0.2, -0.15) is 0 Å². The molecule has 15 heavy (non-hydrogen) atoms. The SMILES string of the molecule is COc1cc(O)c(C2CCNC2)c(F)c1. The van der Waals surface area contributed by atoms with Crippen molar-refractivity contribution in [1.29, 1.82) is 0 Å². The summed E-state index contributed by atoms with van der Waals surface area (Å²) < 4.78 is 18.6. The standard InChI is InChI=1S/C11H14FNO2/c1-15-8-4-9(12)11(10(14)5-8)7-2-3-13-6-7/h4-5,7,13-14H,2-3,6H2,1H3. The Morgan fingerprint density at radius 1 is 1.53 bits per heavy atom. The Balaban J connectivity index is 2.37. The molecule has 0 aliphatic carbocycles. The van der Waals surface area contributed by atoms with Gasteiger partial charge in [0.25, 0.3) is 0 Å². The van der Waals surface area contributed by atoms with E-state index >= 15 is 0 Å². The smallest absolute Gasteiger partial charge is 0.134 e. The van der Waals surface area contributed by atoms with Gasteiger partial charge in [0, 0.05) is 30.2 Å². The second kappa shape index (κ2) is 4.06. The second-order valence-electron chi connectivity index (χ2n) is 3.73. The van der Waals surface area contributed by atoms with Crippen molar-refractivity contribution in [2.45, 2.75) is 12.3 Å². The third kappa shape index (κ3) is 1.90. The fraction of sp³-hybridized carbons (Fsp3) is 0.455. The van der Waals surface area contributed by atoms with Gasteiger partial charge in [0.05, 0.1) is 7.11 Å². The highest BCUT2D eigenvalue weighted by Crippen LogP contribution is 2.35. The molecule has 1 aliphatic rings. The topological polar surface area (TPSA) is 41.5 Å². The lowest BCUT2D eigenvalue weighted by Gasteiger charge is -2.13. The number of benzene rings is 1. The second-order valence-corrected chi connectivity index (χ2v) is 3.73. The third-order valence-electron chi connectivity index (χ3n) is 2.79. The molecule has 1 atom stereocenters. The van der Waals surface area contributed by atoms with Gasteiger partial charge >= 0.3 is 0 Å². The zero-order chi connectivity index (χ0) is 10.8. The maximum Gasteiger partial charge on any atom is 0.134 e. The summed E-state index contributed by atoms with van der Waals surface area (Å²) in [6.07, 6.45) is 0.858. The molecule has 1 aromatic rings. The quantitative estimate of drug-likeness (QED) is 0.781. The van der Waals surface area contributed by atoms with E-state index in [1.807, 2.05) is 0 Å². The van der Waals surface area contributed by atoms with Crippen LogP contribution >= 0.6 is 0 Å². The van der Waals surface area contributed by atoms with Gasteiger partial charge in [-0.25, -0.2) is 4.39 Å². The molecule has 0 radical (unpaired) electrons. The normalized spacial score (nSPS) is 20.5. The lowest BCUT2D eigenvalue weighted by Crippen LogP contribution is -2.09. The Labute approximate surface area is 87.9 Å². The van der Waals surface area contributed by atoms with Crippen molar-refractivity contribution < 1.29 is 14.2 Å². The van der Waals surface area contributed by atoms with Crippen molar-refractivity contribution in [2.24, 2.45) is 0 Å². The van der Waals surface area contributed by atoms with Crippen LogP contribution in [0.1, 0.15) is 17.9 Å². The summed E-state index contributed by atoms with van der Waals surface area (Å²) in [5, 5.41) is 12.9. The van der Waals surface area contributed by atoms with Gasteiger partial charge in [0.15, 0.2) is 0 Å². The van der Waals surface area contributed by atoms with E-state index in [1.54, 1.807) is 0 Å². The predicted octanol–water partition coefficient (Wildman–Crippen LogP) is 1.62. The first-order valence-corrected chi connectivity index (χ1v) is 4.99. The number of rotatable bonds is 2. The number of halogens is 1. The summed E-state index contributed by atoms with van der Waals surface area (Å²) in [5.41, 5.74) is 0.404. The minimum Gasteiger partial charge on any atom is -0.507 e. The largest absolute Gasteiger partial charge is 0.507 e. The van der Waals surface area contributed by atoms with E-state index < -0.39 is 0 Å². The third-order valence-corrected chi connectivity index (χ3v) is 2.79. The Hall–Kier alpha value is -1.29. The molecule has 1 unspecified atom stereocenters. The molecule has 1 fully saturated rings. The highest BCUT2D eigenvalue weighted by molar-refractivity contribution is 5.43. The first-order valence-electron chi connectivity index (χ1n) is 4.99. The zero-order valence-corrected chi connectivity index (χ0v) is 8.59. The Morgan fingerprint density at radius 3 is 2.87 bits per heavy atom. The monoisotopic (exact) mass is 211 g/mol. The van der Waals surface area contributed by atoms with Crippen molar-refractivity contribution in [1.82, 2.24) is 5.32 Å². The molecule has 1 heterocycles. The van der Waals surface area contributed by atoms with Crippen LogP contribution in [-0.4, -0.2) is 25.3 Å². The van der Waals surface area contributed by atoms with Crippen LogP contribution in [0.15, 0.2) is 12.1 Å². The Bertz CT molecular complexity index is 339. The van der Waals surface area contributed by atoms with Crippen molar-refractivity contribution in [3.05, 3.63) is 23.5 Å². The van der Waals surface area contributed by atoms with E-state index in [9.17, 15) is 9.50 Å². The molecule has 4 heteroatoms. The van der Waals surface area contributed by atoms with Crippen LogP contribution in [0.4, 0.5) is 4.39 Å². The lowest BCUT2D eigenvalue weighted by atomic mass is 9.96. The predicted molar refractivity (Wildman–Crippen MR) is 54.8 cm³/mol. The van der Waals surface area contributed by atoms with Gasteiger partial charge in [-0.1, -0.05) is 0 Å². The van der Waals surface area contributed by atoms with Gasteiger partial charge in [0.2, 0.25) is 0 Å². The molecule has 2 N–H and O–H groups in total. The molecular formula is C11H14FNO2. The van der Waals surface area contributed by atoms with Crippen molar-refractivity contribution in [3.8, 4) is 11.5 Å². The summed E-state index contributed by atoms with van der Waals surface area (Å²) in [7, 11) is 1.45. The molecule has 3 nitrogen and oxygen atoms in total. The van der Waals surface area contributed by atoms with Crippen LogP contribution in [0.25, 0.3) is 0 Å². The van der Waals surface area contributed by atoms with E-state index in [-0.39, 0.29) is 17.5 Å². The minimum absolute atomic E-state index is 0.0134. The van der Waals surface area contributed by atoms with Gasteiger partial charge in [0.1, 0.15) is 17.3 Å². The van der Waals surface area contributed by atoms with E-state index in [4.69, 9.17) is 4.74 Å². The van der Waals surface area contributed by atoms with Crippen LogP contribution in [0.3, 0.4) is 0 Å². The van der Waals surface area contributed by atoms with E-state index in [0.717, 1.165) is 19.5 Å². The highest BCUT2D eigenvalue weighted by atomic mass is 19.1. The molecule has 2 rings (SSSR count). The average Bonchev–Trinajstić information content (AvgIpc) is 2.69. The molecule has 0 bridgehead atoms. The van der Waals surface area contributed by atoms with E-state index in [1.165, 1.54) is 19.2 Å². The van der Waals surface area contributed by atoms with Crippen LogP contribution in [0, 0.1) is 5.82 Å². The molecule has 1 aliphatic heterocycles. The van der Waals surface area contributed by atoms with Crippen molar-refractivity contribution in [2.75, 3.05) is 20.2 Å². The first kappa shape index (κ1) is 10.2. The maximum atomic E-state index is 13.7. The number of phenols is 1. The summed E-state index contributed by atoms with van der Waals surface area (Å²) >= 11 is 0. The number of aromatic hydroxyl groups is 1. The van der Waals surface area contributed by atoms with Gasteiger partial charge in [-0.15, -0.1) is 0 Å². The number of ether oxygens (including phenoxy) is 1. The number of nitrogens with one attached hydrogen (secondary N) is 1. The summed E-state index contributed by atoms with van der Waals surface area (Å²) in [6.45, 7) is 1.59. The zero-order valence-electron chi connectivity index (χ0n) is 8.59. The molecule has 0 aromatic heterocycles. The number of phenolic OH excluding ortho intramolecular Hbond substituents is 1. The van der Waals surface area contributed by atoms with E-state index in [0.29, 0.717) is 11.3 Å². The van der Waals surface area contributed by atoms with Crippen LogP contribution in [-0.2, 0) is 0 Å². The minimum atomic E-state index is -0.388. The van der Waals surface area contributed by atoms with Crippen molar-refractivity contribution >= 4 is 0 Å². The number of hydrogen-bond acceptors (Lipinski definition) is 3. The summed E-state index contributed by atoms with van der Waals surface area (Å²) in [5.74, 6) is 0.0108. The molecule has 1 saturated heterocycles. The van der Waals surface area contributed by atoms with Crippen LogP contribution < -0.4 is 10.1 Å². The molecule has 0 spiro atoms. The van der Waals surface area contributed by atoms with Gasteiger partial charge in [-0.3, -0.25) is 0 Å². The molecule has 0 amide bonds. The fourth-order valence-electron chi connectivity index (χ4n) is 2.00.